The Morgan fingerprint density at radius 2 is 2.08 bits per heavy atom. The van der Waals surface area contributed by atoms with Gasteiger partial charge in [0, 0.05) is 13.6 Å². The van der Waals surface area contributed by atoms with Crippen LogP contribution < -0.4 is 20.3 Å². The number of hydrogen-bond acceptors (Lipinski definition) is 6. The van der Waals surface area contributed by atoms with Crippen molar-refractivity contribution in [2.75, 3.05) is 26.8 Å². The normalized spacial score (nSPS) is 22.0. The number of carbonyl (C=O) groups is 1. The Labute approximate surface area is 145 Å². The Balaban J connectivity index is 1.51. The maximum atomic E-state index is 12.9. The van der Waals surface area contributed by atoms with Crippen LogP contribution in [0, 0.1) is 5.92 Å². The molecule has 2 aromatic rings. The first-order valence-corrected chi connectivity index (χ1v) is 8.37. The summed E-state index contributed by atoms with van der Waals surface area (Å²) in [5.41, 5.74) is 7.31. The summed E-state index contributed by atoms with van der Waals surface area (Å²) in [6, 6.07) is 9.40. The smallest absolute Gasteiger partial charge is 0.229 e. The SMILES string of the molecule is CN(Cc1ccco1)C(=O)C1CNNC1c1ccc2c(c1)OCCO2. The van der Waals surface area contributed by atoms with Gasteiger partial charge in [-0.05, 0) is 29.8 Å². The molecule has 1 saturated heterocycles. The van der Waals surface area contributed by atoms with Crippen LogP contribution >= 0.6 is 0 Å². The topological polar surface area (TPSA) is 76.0 Å². The first kappa shape index (κ1) is 16.0. The number of hydrazine groups is 1. The van der Waals surface area contributed by atoms with Crippen molar-refractivity contribution in [1.82, 2.24) is 15.8 Å². The van der Waals surface area contributed by atoms with Gasteiger partial charge >= 0.3 is 0 Å². The zero-order valence-corrected chi connectivity index (χ0v) is 14.0. The van der Waals surface area contributed by atoms with E-state index in [2.05, 4.69) is 10.9 Å². The van der Waals surface area contributed by atoms with Crippen LogP contribution in [0.1, 0.15) is 17.4 Å². The standard InChI is InChI=1S/C18H21N3O4/c1-21(11-13-3-2-6-23-13)18(22)14-10-19-20-17(14)12-4-5-15-16(9-12)25-8-7-24-15/h2-6,9,14,17,19-20H,7-8,10-11H2,1H3. The average molecular weight is 343 g/mol. The summed E-state index contributed by atoms with van der Waals surface area (Å²) < 4.78 is 16.6. The van der Waals surface area contributed by atoms with Crippen molar-refractivity contribution < 1.29 is 18.7 Å². The summed E-state index contributed by atoms with van der Waals surface area (Å²) in [7, 11) is 1.80. The third-order valence-electron chi connectivity index (χ3n) is 4.57. The summed E-state index contributed by atoms with van der Waals surface area (Å²) in [4.78, 5) is 14.6. The number of hydrogen-bond donors (Lipinski definition) is 2. The molecule has 2 atom stereocenters. The molecule has 0 aliphatic carbocycles. The number of nitrogens with zero attached hydrogens (tertiary/aromatic N) is 1. The van der Waals surface area contributed by atoms with Gasteiger partial charge in [-0.25, -0.2) is 5.43 Å². The van der Waals surface area contributed by atoms with Gasteiger partial charge in [-0.3, -0.25) is 10.2 Å². The maximum Gasteiger partial charge on any atom is 0.229 e. The van der Waals surface area contributed by atoms with Crippen LogP contribution in [0.4, 0.5) is 0 Å². The monoisotopic (exact) mass is 343 g/mol. The van der Waals surface area contributed by atoms with Crippen LogP contribution in [0.5, 0.6) is 11.5 Å². The number of ether oxygens (including phenoxy) is 2. The number of carbonyl (C=O) groups excluding carboxylic acids is 1. The van der Waals surface area contributed by atoms with Crippen LogP contribution in [0.25, 0.3) is 0 Å². The van der Waals surface area contributed by atoms with E-state index < -0.39 is 0 Å². The van der Waals surface area contributed by atoms with Crippen molar-refractivity contribution >= 4 is 5.91 Å². The molecule has 25 heavy (non-hydrogen) atoms. The molecule has 4 rings (SSSR count). The van der Waals surface area contributed by atoms with Crippen molar-refractivity contribution in [2.45, 2.75) is 12.6 Å². The van der Waals surface area contributed by atoms with Gasteiger partial charge in [-0.15, -0.1) is 0 Å². The Hall–Kier alpha value is -2.51. The van der Waals surface area contributed by atoms with E-state index in [0.717, 1.165) is 22.8 Å². The Bertz CT molecular complexity index is 747. The van der Waals surface area contributed by atoms with Gasteiger partial charge in [0.15, 0.2) is 11.5 Å². The number of benzene rings is 1. The predicted molar refractivity (Wildman–Crippen MR) is 90.0 cm³/mol. The molecule has 0 bridgehead atoms. The molecule has 7 nitrogen and oxygen atoms in total. The summed E-state index contributed by atoms with van der Waals surface area (Å²) in [5.74, 6) is 2.10. The molecule has 132 valence electrons. The summed E-state index contributed by atoms with van der Waals surface area (Å²) >= 11 is 0. The molecule has 1 aromatic carbocycles. The molecule has 2 unspecified atom stereocenters. The first-order chi connectivity index (χ1) is 12.2. The van der Waals surface area contributed by atoms with Crippen molar-refractivity contribution in [3.05, 3.63) is 47.9 Å². The van der Waals surface area contributed by atoms with E-state index >= 15 is 0 Å². The Morgan fingerprint density at radius 1 is 1.24 bits per heavy atom. The van der Waals surface area contributed by atoms with Gasteiger partial charge in [0.05, 0.1) is 24.8 Å². The lowest BCUT2D eigenvalue weighted by Crippen LogP contribution is -2.36. The van der Waals surface area contributed by atoms with E-state index in [1.54, 1.807) is 18.2 Å². The minimum atomic E-state index is -0.206. The summed E-state index contributed by atoms with van der Waals surface area (Å²) in [5, 5.41) is 0. The van der Waals surface area contributed by atoms with E-state index in [1.165, 1.54) is 0 Å². The first-order valence-electron chi connectivity index (χ1n) is 8.37. The molecule has 0 saturated carbocycles. The molecule has 2 N–H and O–H groups in total. The predicted octanol–water partition coefficient (Wildman–Crippen LogP) is 1.47. The maximum absolute atomic E-state index is 12.9. The van der Waals surface area contributed by atoms with Crippen LogP contribution in [-0.2, 0) is 11.3 Å². The highest BCUT2D eigenvalue weighted by Crippen LogP contribution is 2.35. The third-order valence-corrected chi connectivity index (χ3v) is 4.57. The summed E-state index contributed by atoms with van der Waals surface area (Å²) in [6.07, 6.45) is 1.62. The van der Waals surface area contributed by atoms with Gasteiger partial charge in [-0.2, -0.15) is 0 Å². The fourth-order valence-electron chi connectivity index (χ4n) is 3.29. The van der Waals surface area contributed by atoms with Gasteiger partial charge in [-0.1, -0.05) is 6.07 Å². The van der Waals surface area contributed by atoms with Crippen molar-refractivity contribution in [2.24, 2.45) is 5.92 Å². The second-order valence-corrected chi connectivity index (χ2v) is 6.29. The number of nitrogens with one attached hydrogen (secondary N) is 2. The van der Waals surface area contributed by atoms with Gasteiger partial charge in [0.2, 0.25) is 5.91 Å². The zero-order chi connectivity index (χ0) is 17.2. The van der Waals surface area contributed by atoms with Crippen LogP contribution in [0.2, 0.25) is 0 Å². The molecule has 1 fully saturated rings. The minimum absolute atomic E-state index is 0.0637. The lowest BCUT2D eigenvalue weighted by Gasteiger charge is -2.25. The van der Waals surface area contributed by atoms with Gasteiger partial charge in [0.1, 0.15) is 19.0 Å². The largest absolute Gasteiger partial charge is 0.486 e. The molecule has 1 amide bonds. The van der Waals surface area contributed by atoms with E-state index in [0.29, 0.717) is 26.3 Å². The van der Waals surface area contributed by atoms with E-state index in [-0.39, 0.29) is 17.9 Å². The number of fused-ring (bicyclic) bond motifs is 1. The highest BCUT2D eigenvalue weighted by atomic mass is 16.6. The highest BCUT2D eigenvalue weighted by Gasteiger charge is 2.36. The lowest BCUT2D eigenvalue weighted by molar-refractivity contribution is -0.134. The fourth-order valence-corrected chi connectivity index (χ4v) is 3.29. The number of rotatable bonds is 4. The van der Waals surface area contributed by atoms with Gasteiger partial charge < -0.3 is 18.8 Å². The fraction of sp³-hybridized carbons (Fsp3) is 0.389. The molecule has 0 radical (unpaired) electrons. The molecule has 3 heterocycles. The molecular formula is C18H21N3O4. The third kappa shape index (κ3) is 3.20. The second-order valence-electron chi connectivity index (χ2n) is 6.29. The molecule has 2 aliphatic heterocycles. The van der Waals surface area contributed by atoms with E-state index in [4.69, 9.17) is 13.9 Å². The lowest BCUT2D eigenvalue weighted by atomic mass is 9.93. The zero-order valence-electron chi connectivity index (χ0n) is 14.0. The van der Waals surface area contributed by atoms with Gasteiger partial charge in [0.25, 0.3) is 0 Å². The van der Waals surface area contributed by atoms with Crippen LogP contribution in [-0.4, -0.2) is 37.6 Å². The van der Waals surface area contributed by atoms with Crippen molar-refractivity contribution in [1.29, 1.82) is 0 Å². The molecular weight excluding hydrogens is 322 g/mol. The quantitative estimate of drug-likeness (QED) is 0.876. The van der Waals surface area contributed by atoms with Crippen molar-refractivity contribution in [3.8, 4) is 11.5 Å². The van der Waals surface area contributed by atoms with Crippen molar-refractivity contribution in [3.63, 3.8) is 0 Å². The van der Waals surface area contributed by atoms with Crippen LogP contribution in [0.15, 0.2) is 41.0 Å². The average Bonchev–Trinajstić information content (AvgIpc) is 3.32. The molecule has 1 aromatic heterocycles. The van der Waals surface area contributed by atoms with Crippen LogP contribution in [0.3, 0.4) is 0 Å². The molecule has 7 heteroatoms. The summed E-state index contributed by atoms with van der Waals surface area (Å²) in [6.45, 7) is 2.13. The Morgan fingerprint density at radius 3 is 2.88 bits per heavy atom. The molecule has 2 aliphatic rings. The number of amides is 1. The number of furan rings is 1. The van der Waals surface area contributed by atoms with E-state index in [1.807, 2.05) is 30.3 Å². The second kappa shape index (κ2) is 6.78. The Kier molecular flexibility index (Phi) is 4.33. The minimum Gasteiger partial charge on any atom is -0.486 e. The highest BCUT2D eigenvalue weighted by molar-refractivity contribution is 5.80. The van der Waals surface area contributed by atoms with E-state index in [9.17, 15) is 4.79 Å². The molecule has 0 spiro atoms.